The fourth-order valence-electron chi connectivity index (χ4n) is 5.26. The maximum atomic E-state index is 14.1. The SMILES string of the molecule is CCOC(=O)c1cnc(NC2CCN(Cc3ccccc3F)CC2)nc1Oc1c(C)cc(-c2ccc(C#N)cc2)cc1C. The van der Waals surface area contributed by atoms with E-state index in [0.29, 0.717) is 29.4 Å². The number of rotatable bonds is 9. The summed E-state index contributed by atoms with van der Waals surface area (Å²) in [6.07, 6.45) is 3.11. The summed E-state index contributed by atoms with van der Waals surface area (Å²) >= 11 is 0. The minimum Gasteiger partial charge on any atom is -0.462 e. The molecule has 2 heterocycles. The van der Waals surface area contributed by atoms with Crippen LogP contribution in [-0.2, 0) is 11.3 Å². The van der Waals surface area contributed by atoms with E-state index < -0.39 is 5.97 Å². The van der Waals surface area contributed by atoms with Gasteiger partial charge in [-0.3, -0.25) is 4.90 Å². The Morgan fingerprint density at radius 3 is 2.42 bits per heavy atom. The van der Waals surface area contributed by atoms with Crippen LogP contribution in [0.3, 0.4) is 0 Å². The molecule has 3 aromatic carbocycles. The lowest BCUT2D eigenvalue weighted by Gasteiger charge is -2.32. The number of piperidine rings is 1. The maximum Gasteiger partial charge on any atom is 0.345 e. The van der Waals surface area contributed by atoms with Gasteiger partial charge in [-0.15, -0.1) is 0 Å². The Labute approximate surface area is 251 Å². The maximum absolute atomic E-state index is 14.1. The largest absolute Gasteiger partial charge is 0.462 e. The zero-order chi connectivity index (χ0) is 30.3. The summed E-state index contributed by atoms with van der Waals surface area (Å²) in [4.78, 5) is 24.0. The first-order chi connectivity index (χ1) is 20.8. The number of anilines is 1. The van der Waals surface area contributed by atoms with Crippen LogP contribution in [-0.4, -0.2) is 46.6 Å². The third-order valence-corrected chi connectivity index (χ3v) is 7.53. The first kappa shape index (κ1) is 29.7. The zero-order valence-electron chi connectivity index (χ0n) is 24.6. The number of nitriles is 1. The zero-order valence-corrected chi connectivity index (χ0v) is 24.6. The Bertz CT molecular complexity index is 1620. The average Bonchev–Trinajstić information content (AvgIpc) is 3.01. The third kappa shape index (κ3) is 7.16. The fourth-order valence-corrected chi connectivity index (χ4v) is 5.26. The van der Waals surface area contributed by atoms with Gasteiger partial charge in [0.25, 0.3) is 0 Å². The molecule has 1 aliphatic heterocycles. The van der Waals surface area contributed by atoms with Gasteiger partial charge < -0.3 is 14.8 Å². The van der Waals surface area contributed by atoms with Crippen molar-refractivity contribution in [1.82, 2.24) is 14.9 Å². The molecule has 0 aliphatic carbocycles. The smallest absolute Gasteiger partial charge is 0.345 e. The van der Waals surface area contributed by atoms with Crippen molar-refractivity contribution in [3.05, 3.63) is 100 Å². The van der Waals surface area contributed by atoms with Crippen molar-refractivity contribution < 1.29 is 18.7 Å². The van der Waals surface area contributed by atoms with Crippen LogP contribution >= 0.6 is 0 Å². The number of hydrogen-bond acceptors (Lipinski definition) is 8. The van der Waals surface area contributed by atoms with Crippen LogP contribution in [0.5, 0.6) is 11.6 Å². The first-order valence-corrected chi connectivity index (χ1v) is 14.4. The topological polar surface area (TPSA) is 100 Å². The van der Waals surface area contributed by atoms with Gasteiger partial charge in [-0.1, -0.05) is 30.3 Å². The van der Waals surface area contributed by atoms with Crippen molar-refractivity contribution in [3.63, 3.8) is 0 Å². The second kappa shape index (κ2) is 13.4. The third-order valence-electron chi connectivity index (χ3n) is 7.53. The molecule has 0 spiro atoms. The molecule has 5 rings (SSSR count). The van der Waals surface area contributed by atoms with E-state index in [4.69, 9.17) is 14.7 Å². The average molecular weight is 580 g/mol. The van der Waals surface area contributed by atoms with Gasteiger partial charge in [-0.25, -0.2) is 14.2 Å². The van der Waals surface area contributed by atoms with Crippen LogP contribution in [0.4, 0.5) is 10.3 Å². The number of nitrogens with zero attached hydrogens (tertiary/aromatic N) is 4. The molecule has 9 heteroatoms. The summed E-state index contributed by atoms with van der Waals surface area (Å²) in [5.74, 6) is 0.328. The predicted molar refractivity (Wildman–Crippen MR) is 162 cm³/mol. The molecule has 1 saturated heterocycles. The number of likely N-dealkylation sites (tertiary alicyclic amines) is 1. The van der Waals surface area contributed by atoms with Crippen molar-refractivity contribution in [2.75, 3.05) is 25.0 Å². The summed E-state index contributed by atoms with van der Waals surface area (Å²) < 4.78 is 25.7. The van der Waals surface area contributed by atoms with Crippen LogP contribution in [0.1, 0.15) is 52.4 Å². The van der Waals surface area contributed by atoms with Gasteiger partial charge in [0.15, 0.2) is 0 Å². The number of ether oxygens (including phenoxy) is 2. The van der Waals surface area contributed by atoms with E-state index in [1.165, 1.54) is 12.3 Å². The number of benzene rings is 3. The number of esters is 1. The minimum absolute atomic E-state index is 0.116. The Morgan fingerprint density at radius 2 is 1.77 bits per heavy atom. The van der Waals surface area contributed by atoms with Gasteiger partial charge in [0.05, 0.1) is 24.4 Å². The van der Waals surface area contributed by atoms with E-state index >= 15 is 0 Å². The molecule has 1 aromatic heterocycles. The second-order valence-corrected chi connectivity index (χ2v) is 10.6. The molecule has 0 atom stereocenters. The van der Waals surface area contributed by atoms with Crippen molar-refractivity contribution >= 4 is 11.9 Å². The summed E-state index contributed by atoms with van der Waals surface area (Å²) in [7, 11) is 0. The molecular formula is C34H34FN5O3. The fraction of sp³-hybridized carbons (Fsp3) is 0.294. The predicted octanol–water partition coefficient (Wildman–Crippen LogP) is 6.82. The van der Waals surface area contributed by atoms with E-state index in [-0.39, 0.29) is 29.9 Å². The lowest BCUT2D eigenvalue weighted by atomic mass is 9.99. The van der Waals surface area contributed by atoms with Gasteiger partial charge in [-0.2, -0.15) is 10.2 Å². The number of carbonyl (C=O) groups excluding carboxylic acids is 1. The van der Waals surface area contributed by atoms with Crippen LogP contribution in [0, 0.1) is 31.0 Å². The molecule has 0 radical (unpaired) electrons. The summed E-state index contributed by atoms with van der Waals surface area (Å²) in [6, 6.07) is 20.6. The standard InChI is InChI=1S/C34H34FN5O3/c1-4-42-33(41)29-20-37-34(38-28-13-15-40(16-14-28)21-26-7-5-6-8-30(26)35)39-32(29)43-31-22(2)17-27(18-23(31)3)25-11-9-24(19-36)10-12-25/h5-12,17-18,20,28H,4,13-16,21H2,1-3H3,(H,37,38,39). The monoisotopic (exact) mass is 579 g/mol. The number of aryl methyl sites for hydroxylation is 2. The molecule has 43 heavy (non-hydrogen) atoms. The molecule has 1 fully saturated rings. The second-order valence-electron chi connectivity index (χ2n) is 10.6. The Balaban J connectivity index is 1.32. The molecule has 8 nitrogen and oxygen atoms in total. The van der Waals surface area contributed by atoms with Gasteiger partial charge in [0, 0.05) is 31.2 Å². The van der Waals surface area contributed by atoms with Crippen molar-refractivity contribution in [2.24, 2.45) is 0 Å². The van der Waals surface area contributed by atoms with Crippen LogP contribution < -0.4 is 10.1 Å². The molecule has 0 bridgehead atoms. The molecule has 220 valence electrons. The van der Waals surface area contributed by atoms with Gasteiger partial charge in [0.2, 0.25) is 11.8 Å². The highest BCUT2D eigenvalue weighted by Gasteiger charge is 2.24. The molecular weight excluding hydrogens is 545 g/mol. The number of hydrogen-bond donors (Lipinski definition) is 1. The molecule has 4 aromatic rings. The highest BCUT2D eigenvalue weighted by atomic mass is 19.1. The molecule has 0 amide bonds. The van der Waals surface area contributed by atoms with Gasteiger partial charge in [0.1, 0.15) is 17.1 Å². The normalized spacial score (nSPS) is 13.7. The van der Waals surface area contributed by atoms with Crippen LogP contribution in [0.2, 0.25) is 0 Å². The Morgan fingerprint density at radius 1 is 1.07 bits per heavy atom. The molecule has 1 N–H and O–H groups in total. The van der Waals surface area contributed by atoms with Crippen molar-refractivity contribution in [3.8, 4) is 28.8 Å². The summed E-state index contributed by atoms with van der Waals surface area (Å²) in [5.41, 5.74) is 5.14. The quantitative estimate of drug-likeness (QED) is 0.216. The highest BCUT2D eigenvalue weighted by molar-refractivity contribution is 5.91. The summed E-state index contributed by atoms with van der Waals surface area (Å²) in [5, 5.41) is 12.5. The Kier molecular flexibility index (Phi) is 9.28. The van der Waals surface area contributed by atoms with E-state index in [2.05, 4.69) is 26.3 Å². The molecule has 0 unspecified atom stereocenters. The number of nitrogens with one attached hydrogen (secondary N) is 1. The van der Waals surface area contributed by atoms with Crippen LogP contribution in [0.25, 0.3) is 11.1 Å². The highest BCUT2D eigenvalue weighted by Crippen LogP contribution is 2.34. The summed E-state index contributed by atoms with van der Waals surface area (Å²) in [6.45, 7) is 8.01. The molecule has 1 aliphatic rings. The van der Waals surface area contributed by atoms with Crippen molar-refractivity contribution in [2.45, 2.75) is 46.2 Å². The lowest BCUT2D eigenvalue weighted by molar-refractivity contribution is 0.0522. The van der Waals surface area contributed by atoms with E-state index in [0.717, 1.165) is 48.2 Å². The lowest BCUT2D eigenvalue weighted by Crippen LogP contribution is -2.39. The first-order valence-electron chi connectivity index (χ1n) is 14.4. The van der Waals surface area contributed by atoms with Gasteiger partial charge >= 0.3 is 5.97 Å². The molecule has 0 saturated carbocycles. The number of aromatic nitrogens is 2. The van der Waals surface area contributed by atoms with E-state index in [9.17, 15) is 9.18 Å². The van der Waals surface area contributed by atoms with Crippen molar-refractivity contribution in [1.29, 1.82) is 5.26 Å². The van der Waals surface area contributed by atoms with Gasteiger partial charge in [-0.05, 0) is 86.2 Å². The van der Waals surface area contributed by atoms with E-state index in [1.54, 1.807) is 25.1 Å². The van der Waals surface area contributed by atoms with Crippen LogP contribution in [0.15, 0.2) is 66.9 Å². The van der Waals surface area contributed by atoms with E-state index in [1.807, 2.05) is 50.2 Å². The Hall–Kier alpha value is -4.81. The minimum atomic E-state index is -0.560. The number of halogens is 1. The number of carbonyl (C=O) groups is 1.